The Morgan fingerprint density at radius 2 is 2.36 bits per heavy atom. The average molecular weight is 154 g/mol. The molecular weight excluding hydrogens is 144 g/mol. The zero-order valence-corrected chi connectivity index (χ0v) is 6.59. The molecule has 0 saturated heterocycles. The van der Waals surface area contributed by atoms with Crippen molar-refractivity contribution in [3.05, 3.63) is 23.7 Å². The van der Waals surface area contributed by atoms with Crippen molar-refractivity contribution in [3.8, 4) is 0 Å². The summed E-state index contributed by atoms with van der Waals surface area (Å²) < 4.78 is 9.93. The van der Waals surface area contributed by atoms with Gasteiger partial charge in [-0.05, 0) is 12.1 Å². The van der Waals surface area contributed by atoms with E-state index in [1.807, 2.05) is 0 Å². The lowest BCUT2D eigenvalue weighted by molar-refractivity contribution is 0.0978. The van der Waals surface area contributed by atoms with Crippen molar-refractivity contribution in [2.24, 2.45) is 0 Å². The molecular formula is C8H10O3. The van der Waals surface area contributed by atoms with Crippen LogP contribution in [0.2, 0.25) is 0 Å². The van der Waals surface area contributed by atoms with Gasteiger partial charge in [0.15, 0.2) is 11.5 Å². The maximum absolute atomic E-state index is 10.7. The number of hydrogen-bond acceptors (Lipinski definition) is 3. The molecule has 11 heavy (non-hydrogen) atoms. The summed E-state index contributed by atoms with van der Waals surface area (Å²) in [6.07, 6.45) is 0. The molecule has 1 rings (SSSR count). The van der Waals surface area contributed by atoms with Crippen molar-refractivity contribution in [1.29, 1.82) is 0 Å². The van der Waals surface area contributed by atoms with Crippen LogP contribution in [0.25, 0.3) is 0 Å². The van der Waals surface area contributed by atoms with Crippen LogP contribution in [-0.4, -0.2) is 12.9 Å². The van der Waals surface area contributed by atoms with E-state index in [4.69, 9.17) is 9.15 Å². The van der Waals surface area contributed by atoms with E-state index in [2.05, 4.69) is 0 Å². The van der Waals surface area contributed by atoms with Crippen LogP contribution in [0.1, 0.15) is 23.2 Å². The fourth-order valence-electron chi connectivity index (χ4n) is 0.787. The SMILES string of the molecule is COCc1ccc(C(C)=O)o1. The fraction of sp³-hybridized carbons (Fsp3) is 0.375. The van der Waals surface area contributed by atoms with Crippen LogP contribution in [0, 0.1) is 0 Å². The van der Waals surface area contributed by atoms with Crippen LogP contribution in [0.4, 0.5) is 0 Å². The second kappa shape index (κ2) is 3.34. The van der Waals surface area contributed by atoms with Crippen molar-refractivity contribution in [3.63, 3.8) is 0 Å². The lowest BCUT2D eigenvalue weighted by Gasteiger charge is -1.91. The summed E-state index contributed by atoms with van der Waals surface area (Å²) >= 11 is 0. The molecule has 0 bridgehead atoms. The monoisotopic (exact) mass is 154 g/mol. The van der Waals surface area contributed by atoms with Crippen LogP contribution >= 0.6 is 0 Å². The van der Waals surface area contributed by atoms with E-state index in [9.17, 15) is 4.79 Å². The zero-order chi connectivity index (χ0) is 8.27. The van der Waals surface area contributed by atoms with Crippen LogP contribution in [0.3, 0.4) is 0 Å². The number of Topliss-reactive ketones (excluding diaryl/α,β-unsaturated/α-hetero) is 1. The summed E-state index contributed by atoms with van der Waals surface area (Å²) in [4.78, 5) is 10.7. The molecule has 3 nitrogen and oxygen atoms in total. The van der Waals surface area contributed by atoms with Crippen LogP contribution < -0.4 is 0 Å². The maximum Gasteiger partial charge on any atom is 0.194 e. The topological polar surface area (TPSA) is 39.4 Å². The van der Waals surface area contributed by atoms with Gasteiger partial charge in [0.25, 0.3) is 0 Å². The van der Waals surface area contributed by atoms with Gasteiger partial charge in [0.05, 0.1) is 0 Å². The van der Waals surface area contributed by atoms with Crippen LogP contribution in [0.5, 0.6) is 0 Å². The van der Waals surface area contributed by atoms with Gasteiger partial charge in [-0.2, -0.15) is 0 Å². The molecule has 0 spiro atoms. The number of carbonyl (C=O) groups is 1. The second-order valence-corrected chi connectivity index (χ2v) is 2.26. The molecule has 60 valence electrons. The number of ketones is 1. The molecule has 1 aromatic rings. The third-order valence-electron chi connectivity index (χ3n) is 1.30. The Kier molecular flexibility index (Phi) is 2.44. The summed E-state index contributed by atoms with van der Waals surface area (Å²) in [7, 11) is 1.58. The highest BCUT2D eigenvalue weighted by Gasteiger charge is 2.04. The summed E-state index contributed by atoms with van der Waals surface area (Å²) in [5.74, 6) is 1.00. The van der Waals surface area contributed by atoms with E-state index >= 15 is 0 Å². The second-order valence-electron chi connectivity index (χ2n) is 2.26. The molecule has 1 heterocycles. The number of carbonyl (C=O) groups excluding carboxylic acids is 1. The van der Waals surface area contributed by atoms with E-state index in [1.165, 1.54) is 6.92 Å². The van der Waals surface area contributed by atoms with Crippen molar-refractivity contribution in [2.75, 3.05) is 7.11 Å². The van der Waals surface area contributed by atoms with E-state index in [-0.39, 0.29) is 5.78 Å². The zero-order valence-electron chi connectivity index (χ0n) is 6.59. The van der Waals surface area contributed by atoms with E-state index in [1.54, 1.807) is 19.2 Å². The number of furan rings is 1. The van der Waals surface area contributed by atoms with Crippen molar-refractivity contribution in [2.45, 2.75) is 13.5 Å². The molecule has 0 aliphatic rings. The first-order valence-electron chi connectivity index (χ1n) is 3.32. The normalized spacial score (nSPS) is 10.0. The predicted octanol–water partition coefficient (Wildman–Crippen LogP) is 1.63. The summed E-state index contributed by atoms with van der Waals surface area (Å²) in [5.41, 5.74) is 0. The molecule has 1 aromatic heterocycles. The Balaban J connectivity index is 2.73. The van der Waals surface area contributed by atoms with Gasteiger partial charge in [0, 0.05) is 14.0 Å². The molecule has 0 saturated carbocycles. The molecule has 0 aromatic carbocycles. The first-order valence-corrected chi connectivity index (χ1v) is 3.32. The highest BCUT2D eigenvalue weighted by Crippen LogP contribution is 2.08. The molecule has 0 fully saturated rings. The Labute approximate surface area is 65.0 Å². The standard InChI is InChI=1S/C8H10O3/c1-6(9)8-4-3-7(11-8)5-10-2/h3-4H,5H2,1-2H3. The molecule has 0 unspecified atom stereocenters. The predicted molar refractivity (Wildman–Crippen MR) is 39.4 cm³/mol. The van der Waals surface area contributed by atoms with E-state index < -0.39 is 0 Å². The third-order valence-corrected chi connectivity index (χ3v) is 1.30. The quantitative estimate of drug-likeness (QED) is 0.621. The number of methoxy groups -OCH3 is 1. The maximum atomic E-state index is 10.7. The van der Waals surface area contributed by atoms with Crippen LogP contribution in [-0.2, 0) is 11.3 Å². The summed E-state index contributed by atoms with van der Waals surface area (Å²) in [6, 6.07) is 3.39. The van der Waals surface area contributed by atoms with Gasteiger partial charge >= 0.3 is 0 Å². The van der Waals surface area contributed by atoms with Gasteiger partial charge in [0.1, 0.15) is 12.4 Å². The van der Waals surface area contributed by atoms with Gasteiger partial charge in [0.2, 0.25) is 0 Å². The average Bonchev–Trinajstić information content (AvgIpc) is 2.37. The number of rotatable bonds is 3. The minimum Gasteiger partial charge on any atom is -0.456 e. The van der Waals surface area contributed by atoms with E-state index in [0.717, 1.165) is 0 Å². The Hall–Kier alpha value is -1.09. The number of ether oxygens (including phenoxy) is 1. The molecule has 0 aliphatic heterocycles. The minimum absolute atomic E-state index is 0.0626. The molecule has 0 aliphatic carbocycles. The molecule has 0 radical (unpaired) electrons. The molecule has 0 N–H and O–H groups in total. The minimum atomic E-state index is -0.0626. The van der Waals surface area contributed by atoms with Gasteiger partial charge in [-0.3, -0.25) is 4.79 Å². The first-order chi connectivity index (χ1) is 5.24. The molecule has 3 heteroatoms. The van der Waals surface area contributed by atoms with Crippen molar-refractivity contribution in [1.82, 2.24) is 0 Å². The van der Waals surface area contributed by atoms with Gasteiger partial charge in [-0.1, -0.05) is 0 Å². The Bertz CT molecular complexity index is 250. The summed E-state index contributed by atoms with van der Waals surface area (Å²) in [6.45, 7) is 1.88. The van der Waals surface area contributed by atoms with Crippen LogP contribution in [0.15, 0.2) is 16.5 Å². The Morgan fingerprint density at radius 3 is 2.82 bits per heavy atom. The fourth-order valence-corrected chi connectivity index (χ4v) is 0.787. The highest BCUT2D eigenvalue weighted by atomic mass is 16.5. The highest BCUT2D eigenvalue weighted by molar-refractivity contribution is 5.91. The lowest BCUT2D eigenvalue weighted by Crippen LogP contribution is -1.87. The van der Waals surface area contributed by atoms with Crippen molar-refractivity contribution < 1.29 is 13.9 Å². The van der Waals surface area contributed by atoms with Gasteiger partial charge in [-0.15, -0.1) is 0 Å². The molecule has 0 atom stereocenters. The smallest absolute Gasteiger partial charge is 0.194 e. The molecule has 0 amide bonds. The van der Waals surface area contributed by atoms with Gasteiger partial charge in [-0.25, -0.2) is 0 Å². The van der Waals surface area contributed by atoms with Crippen molar-refractivity contribution >= 4 is 5.78 Å². The van der Waals surface area contributed by atoms with E-state index in [0.29, 0.717) is 18.1 Å². The summed E-state index contributed by atoms with van der Waals surface area (Å²) in [5, 5.41) is 0. The van der Waals surface area contributed by atoms with Gasteiger partial charge < -0.3 is 9.15 Å². The third kappa shape index (κ3) is 1.91. The lowest BCUT2D eigenvalue weighted by atomic mass is 10.3. The first kappa shape index (κ1) is 8.01. The Morgan fingerprint density at radius 1 is 1.64 bits per heavy atom. The largest absolute Gasteiger partial charge is 0.456 e. The number of hydrogen-bond donors (Lipinski definition) is 0.